The first-order valence-corrected chi connectivity index (χ1v) is 8.32. The highest BCUT2D eigenvalue weighted by atomic mass is 16.2. The Hall–Kier alpha value is -2.47. The number of benzene rings is 1. The highest BCUT2D eigenvalue weighted by Gasteiger charge is 2.19. The molecule has 0 saturated carbocycles. The van der Waals surface area contributed by atoms with E-state index in [4.69, 9.17) is 0 Å². The van der Waals surface area contributed by atoms with Gasteiger partial charge >= 0.3 is 0 Å². The van der Waals surface area contributed by atoms with Crippen LogP contribution in [0.2, 0.25) is 0 Å². The van der Waals surface area contributed by atoms with Crippen LogP contribution in [-0.2, 0) is 19.4 Å². The van der Waals surface area contributed by atoms with E-state index in [2.05, 4.69) is 20.8 Å². The molecule has 2 aromatic rings. The van der Waals surface area contributed by atoms with E-state index in [1.165, 1.54) is 0 Å². The van der Waals surface area contributed by atoms with Crippen molar-refractivity contribution in [1.29, 1.82) is 0 Å². The lowest BCUT2D eigenvalue weighted by atomic mass is 10.0. The van der Waals surface area contributed by atoms with Crippen molar-refractivity contribution in [2.75, 3.05) is 11.9 Å². The topological polar surface area (TPSA) is 86.9 Å². The molecule has 0 unspecified atom stereocenters. The fourth-order valence-electron chi connectivity index (χ4n) is 2.66. The van der Waals surface area contributed by atoms with Gasteiger partial charge < -0.3 is 10.6 Å². The summed E-state index contributed by atoms with van der Waals surface area (Å²) in [5, 5.41) is 12.5. The molecule has 3 N–H and O–H groups in total. The Balaban J connectivity index is 2.29. The van der Waals surface area contributed by atoms with Crippen LogP contribution in [0.25, 0.3) is 0 Å². The predicted octanol–water partition coefficient (Wildman–Crippen LogP) is 2.26. The molecule has 0 radical (unpaired) electrons. The third kappa shape index (κ3) is 4.08. The number of anilines is 1. The number of hydrogen-bond donors (Lipinski definition) is 3. The molecule has 0 fully saturated rings. The van der Waals surface area contributed by atoms with E-state index in [9.17, 15) is 9.59 Å². The summed E-state index contributed by atoms with van der Waals surface area (Å²) < 4.78 is 0. The van der Waals surface area contributed by atoms with Crippen LogP contribution in [0.5, 0.6) is 0 Å². The Morgan fingerprint density at radius 3 is 2.67 bits per heavy atom. The molecule has 24 heavy (non-hydrogen) atoms. The number of nitrogens with one attached hydrogen (secondary N) is 3. The van der Waals surface area contributed by atoms with Gasteiger partial charge in [0.15, 0.2) is 0 Å². The zero-order valence-corrected chi connectivity index (χ0v) is 14.4. The first kappa shape index (κ1) is 17.9. The predicted molar refractivity (Wildman–Crippen MR) is 95.4 cm³/mol. The Morgan fingerprint density at radius 1 is 1.21 bits per heavy atom. The van der Waals surface area contributed by atoms with Gasteiger partial charge in [-0.15, -0.1) is 0 Å². The summed E-state index contributed by atoms with van der Waals surface area (Å²) in [6, 6.07) is 7.60. The molecule has 0 saturated heterocycles. The number of hydrogen-bond acceptors (Lipinski definition) is 4. The maximum Gasteiger partial charge on any atom is 0.277 e. The Labute approximate surface area is 141 Å². The Morgan fingerprint density at radius 2 is 2.00 bits per heavy atom. The van der Waals surface area contributed by atoms with E-state index in [1.807, 2.05) is 45.0 Å². The minimum atomic E-state index is -0.453. The summed E-state index contributed by atoms with van der Waals surface area (Å²) in [6.45, 7) is 7.52. The van der Waals surface area contributed by atoms with Crippen molar-refractivity contribution in [2.24, 2.45) is 0 Å². The van der Waals surface area contributed by atoms with Gasteiger partial charge in [0.1, 0.15) is 5.56 Å². The molecule has 0 atom stereocenters. The van der Waals surface area contributed by atoms with Crippen LogP contribution in [0, 0.1) is 0 Å². The second kappa shape index (κ2) is 8.40. The first-order chi connectivity index (χ1) is 11.6. The van der Waals surface area contributed by atoms with Crippen molar-refractivity contribution in [3.63, 3.8) is 0 Å². The average molecular weight is 328 g/mol. The molecule has 1 aromatic heterocycles. The molecule has 1 aromatic carbocycles. The smallest absolute Gasteiger partial charge is 0.277 e. The van der Waals surface area contributed by atoms with Gasteiger partial charge in [0, 0.05) is 12.2 Å². The number of aromatic amines is 1. The summed E-state index contributed by atoms with van der Waals surface area (Å²) in [5.74, 6) is -0.397. The number of carbonyl (C=O) groups is 1. The van der Waals surface area contributed by atoms with Crippen LogP contribution in [-0.4, -0.2) is 22.6 Å². The van der Waals surface area contributed by atoms with Crippen LogP contribution in [0.1, 0.15) is 48.0 Å². The largest absolute Gasteiger partial charge is 0.322 e. The normalized spacial score (nSPS) is 10.6. The third-order valence-electron chi connectivity index (χ3n) is 3.85. The lowest BCUT2D eigenvalue weighted by molar-refractivity contribution is 0.102. The fraction of sp³-hybridized carbons (Fsp3) is 0.389. The molecular formula is C18H24N4O2. The van der Waals surface area contributed by atoms with Crippen LogP contribution < -0.4 is 16.2 Å². The van der Waals surface area contributed by atoms with Gasteiger partial charge in [0.05, 0.1) is 5.69 Å². The SMILES string of the molecule is CCNCc1cccc(NC(=O)c2c(CC)c(CC)n[nH]c2=O)c1. The van der Waals surface area contributed by atoms with Gasteiger partial charge in [0.2, 0.25) is 0 Å². The summed E-state index contributed by atoms with van der Waals surface area (Å²) in [4.78, 5) is 24.8. The lowest BCUT2D eigenvalue weighted by Gasteiger charge is -2.11. The molecule has 1 amide bonds. The van der Waals surface area contributed by atoms with E-state index >= 15 is 0 Å². The summed E-state index contributed by atoms with van der Waals surface area (Å²) in [7, 11) is 0. The number of carbonyl (C=O) groups excluding carboxylic acids is 1. The van der Waals surface area contributed by atoms with E-state index in [-0.39, 0.29) is 5.56 Å². The minimum absolute atomic E-state index is 0.154. The maximum atomic E-state index is 12.6. The van der Waals surface area contributed by atoms with Gasteiger partial charge in [-0.25, -0.2) is 5.10 Å². The number of rotatable bonds is 7. The summed E-state index contributed by atoms with van der Waals surface area (Å²) >= 11 is 0. The van der Waals surface area contributed by atoms with Gasteiger partial charge in [-0.2, -0.15) is 5.10 Å². The van der Waals surface area contributed by atoms with Crippen molar-refractivity contribution in [3.05, 3.63) is 57.0 Å². The van der Waals surface area contributed by atoms with Gasteiger partial charge in [0.25, 0.3) is 11.5 Å². The fourth-order valence-corrected chi connectivity index (χ4v) is 2.66. The molecule has 0 aliphatic heterocycles. The number of aryl methyl sites for hydroxylation is 1. The average Bonchev–Trinajstić information content (AvgIpc) is 2.59. The Bertz CT molecular complexity index is 768. The molecule has 128 valence electrons. The number of amides is 1. The molecule has 0 bridgehead atoms. The first-order valence-electron chi connectivity index (χ1n) is 8.32. The minimum Gasteiger partial charge on any atom is -0.322 e. The van der Waals surface area contributed by atoms with Crippen molar-refractivity contribution >= 4 is 11.6 Å². The van der Waals surface area contributed by atoms with Crippen molar-refractivity contribution in [2.45, 2.75) is 40.2 Å². The van der Waals surface area contributed by atoms with E-state index < -0.39 is 11.5 Å². The third-order valence-corrected chi connectivity index (χ3v) is 3.85. The van der Waals surface area contributed by atoms with Gasteiger partial charge in [-0.05, 0) is 42.6 Å². The second-order valence-electron chi connectivity index (χ2n) is 5.49. The zero-order chi connectivity index (χ0) is 17.5. The second-order valence-corrected chi connectivity index (χ2v) is 5.49. The molecule has 6 nitrogen and oxygen atoms in total. The highest BCUT2D eigenvalue weighted by Crippen LogP contribution is 2.15. The van der Waals surface area contributed by atoms with Gasteiger partial charge in [-0.1, -0.05) is 32.9 Å². The van der Waals surface area contributed by atoms with E-state index in [0.717, 1.165) is 24.3 Å². The van der Waals surface area contributed by atoms with Crippen LogP contribution in [0.3, 0.4) is 0 Å². The monoisotopic (exact) mass is 328 g/mol. The Kier molecular flexibility index (Phi) is 6.26. The maximum absolute atomic E-state index is 12.6. The van der Waals surface area contributed by atoms with Crippen LogP contribution in [0.4, 0.5) is 5.69 Å². The van der Waals surface area contributed by atoms with Crippen LogP contribution in [0.15, 0.2) is 29.1 Å². The van der Waals surface area contributed by atoms with Gasteiger partial charge in [-0.3, -0.25) is 9.59 Å². The molecule has 1 heterocycles. The molecule has 0 aliphatic carbocycles. The zero-order valence-electron chi connectivity index (χ0n) is 14.4. The molecule has 0 aliphatic rings. The van der Waals surface area contributed by atoms with Crippen molar-refractivity contribution in [1.82, 2.24) is 15.5 Å². The highest BCUT2D eigenvalue weighted by molar-refractivity contribution is 6.05. The van der Waals surface area contributed by atoms with E-state index in [1.54, 1.807) is 0 Å². The van der Waals surface area contributed by atoms with Crippen molar-refractivity contribution in [3.8, 4) is 0 Å². The lowest BCUT2D eigenvalue weighted by Crippen LogP contribution is -2.28. The number of H-pyrrole nitrogens is 1. The van der Waals surface area contributed by atoms with E-state index in [0.29, 0.717) is 24.1 Å². The molecule has 6 heteroatoms. The molecular weight excluding hydrogens is 304 g/mol. The summed E-state index contributed by atoms with van der Waals surface area (Å²) in [5.41, 5.74) is 2.91. The standard InChI is InChI=1S/C18H24N4O2/c1-4-14-15(5-2)21-22-18(24)16(14)17(23)20-13-9-7-8-12(10-13)11-19-6-3/h7-10,19H,4-6,11H2,1-3H3,(H,20,23)(H,22,24). The number of nitrogens with zero attached hydrogens (tertiary/aromatic N) is 1. The molecule has 2 rings (SSSR count). The quantitative estimate of drug-likeness (QED) is 0.727. The number of aromatic nitrogens is 2. The summed E-state index contributed by atoms with van der Waals surface area (Å²) in [6.07, 6.45) is 1.25. The molecule has 0 spiro atoms. The van der Waals surface area contributed by atoms with Crippen molar-refractivity contribution < 1.29 is 4.79 Å². The van der Waals surface area contributed by atoms with Crippen LogP contribution >= 0.6 is 0 Å².